The fourth-order valence-electron chi connectivity index (χ4n) is 5.65. The van der Waals surface area contributed by atoms with Crippen molar-refractivity contribution >= 4 is 23.3 Å². The van der Waals surface area contributed by atoms with Crippen LogP contribution in [0.15, 0.2) is 53.5 Å². The van der Waals surface area contributed by atoms with Crippen LogP contribution >= 0.6 is 0 Å². The molecule has 0 aromatic heterocycles. The van der Waals surface area contributed by atoms with E-state index in [-0.39, 0.29) is 5.56 Å². The van der Waals surface area contributed by atoms with Gasteiger partial charge in [0.1, 0.15) is 11.4 Å². The summed E-state index contributed by atoms with van der Waals surface area (Å²) in [6, 6.07) is 14.3. The summed E-state index contributed by atoms with van der Waals surface area (Å²) in [5.41, 5.74) is 4.84. The molecule has 5 rings (SSSR count). The van der Waals surface area contributed by atoms with Gasteiger partial charge in [0.2, 0.25) is 0 Å². The molecule has 214 valence electrons. The molecular formula is C33H36N2O6. The fraction of sp³-hybridized carbons (Fsp3) is 0.364. The Morgan fingerprint density at radius 3 is 2.44 bits per heavy atom. The summed E-state index contributed by atoms with van der Waals surface area (Å²) in [5, 5.41) is 2.91. The van der Waals surface area contributed by atoms with Crippen molar-refractivity contribution in [2.75, 3.05) is 26.1 Å². The number of ether oxygens (including phenoxy) is 4. The van der Waals surface area contributed by atoms with Crippen molar-refractivity contribution in [2.24, 2.45) is 4.99 Å². The quantitative estimate of drug-likeness (QED) is 0.358. The van der Waals surface area contributed by atoms with Gasteiger partial charge in [-0.1, -0.05) is 18.2 Å². The number of para-hydroxylation sites is 1. The standard InChI is InChI=1S/C33H36N2O6/c1-8-40-26-16-20-17-32(2,3)35-28(27(20)23-18-33(4,5)41-29(23)26)19-13-14-21(31(37)39-7)24(15-19)34-30(36)22-11-9-10-12-25(22)38-6/h9-16H,8,17-18H2,1-7H3,(H,34,36). The molecule has 2 aliphatic rings. The van der Waals surface area contributed by atoms with Crippen molar-refractivity contribution < 1.29 is 28.5 Å². The van der Waals surface area contributed by atoms with Crippen LogP contribution in [0.4, 0.5) is 5.69 Å². The number of hydrogen-bond donors (Lipinski definition) is 1. The number of rotatable bonds is 7. The van der Waals surface area contributed by atoms with Crippen LogP contribution in [0.2, 0.25) is 0 Å². The number of carbonyl (C=O) groups is 2. The van der Waals surface area contributed by atoms with Crippen molar-refractivity contribution in [3.8, 4) is 17.2 Å². The van der Waals surface area contributed by atoms with Crippen LogP contribution in [0.25, 0.3) is 0 Å². The van der Waals surface area contributed by atoms with Crippen LogP contribution in [-0.2, 0) is 17.6 Å². The maximum atomic E-state index is 13.4. The second-order valence-electron chi connectivity index (χ2n) is 11.5. The zero-order valence-corrected chi connectivity index (χ0v) is 24.6. The molecule has 0 saturated carbocycles. The van der Waals surface area contributed by atoms with E-state index in [0.29, 0.717) is 30.0 Å². The van der Waals surface area contributed by atoms with Gasteiger partial charge in [-0.25, -0.2) is 4.79 Å². The first kappa shape index (κ1) is 28.2. The Hall–Kier alpha value is -4.33. The van der Waals surface area contributed by atoms with E-state index >= 15 is 0 Å². The molecule has 3 aromatic rings. The van der Waals surface area contributed by atoms with Crippen LogP contribution in [0.5, 0.6) is 17.2 Å². The van der Waals surface area contributed by atoms with Crippen LogP contribution in [0, 0.1) is 0 Å². The average Bonchev–Trinajstić information content (AvgIpc) is 3.26. The summed E-state index contributed by atoms with van der Waals surface area (Å²) in [6.07, 6.45) is 1.43. The van der Waals surface area contributed by atoms with E-state index in [1.807, 2.05) is 13.0 Å². The van der Waals surface area contributed by atoms with Gasteiger partial charge in [-0.3, -0.25) is 9.79 Å². The minimum Gasteiger partial charge on any atom is -0.496 e. The molecule has 1 amide bonds. The summed E-state index contributed by atoms with van der Waals surface area (Å²) >= 11 is 0. The number of anilines is 1. The fourth-order valence-corrected chi connectivity index (χ4v) is 5.65. The van der Waals surface area contributed by atoms with E-state index in [4.69, 9.17) is 23.9 Å². The molecule has 8 heteroatoms. The van der Waals surface area contributed by atoms with Crippen molar-refractivity contribution in [3.05, 3.63) is 81.9 Å². The Labute approximate surface area is 240 Å². The number of hydrogen-bond acceptors (Lipinski definition) is 7. The first-order valence-corrected chi connectivity index (χ1v) is 13.7. The lowest BCUT2D eigenvalue weighted by Gasteiger charge is -2.31. The van der Waals surface area contributed by atoms with Crippen molar-refractivity contribution in [1.29, 1.82) is 0 Å². The molecule has 0 fully saturated rings. The van der Waals surface area contributed by atoms with Crippen molar-refractivity contribution in [3.63, 3.8) is 0 Å². The second-order valence-corrected chi connectivity index (χ2v) is 11.5. The molecule has 0 atom stereocenters. The molecule has 0 saturated heterocycles. The molecule has 8 nitrogen and oxygen atoms in total. The molecule has 0 aliphatic carbocycles. The predicted octanol–water partition coefficient (Wildman–Crippen LogP) is 6.02. The topological polar surface area (TPSA) is 95.5 Å². The first-order chi connectivity index (χ1) is 19.5. The van der Waals surface area contributed by atoms with Gasteiger partial charge < -0.3 is 24.3 Å². The monoisotopic (exact) mass is 556 g/mol. The first-order valence-electron chi connectivity index (χ1n) is 13.7. The number of benzene rings is 3. The van der Waals surface area contributed by atoms with Gasteiger partial charge in [0.25, 0.3) is 5.91 Å². The highest BCUT2D eigenvalue weighted by Crippen LogP contribution is 2.48. The molecule has 3 aromatic carbocycles. The average molecular weight is 557 g/mol. The maximum absolute atomic E-state index is 13.4. The Kier molecular flexibility index (Phi) is 7.28. The molecule has 0 bridgehead atoms. The van der Waals surface area contributed by atoms with Gasteiger partial charge in [0, 0.05) is 23.1 Å². The zero-order valence-electron chi connectivity index (χ0n) is 24.6. The normalized spacial score (nSPS) is 16.0. The number of aliphatic imine (C=N–C) groups is 1. The molecule has 0 spiro atoms. The number of fused-ring (bicyclic) bond motifs is 3. The van der Waals surface area contributed by atoms with E-state index in [0.717, 1.165) is 45.9 Å². The maximum Gasteiger partial charge on any atom is 0.339 e. The molecule has 0 unspecified atom stereocenters. The minimum absolute atomic E-state index is 0.233. The van der Waals surface area contributed by atoms with Crippen molar-refractivity contribution in [2.45, 2.75) is 58.6 Å². The number of carbonyl (C=O) groups excluding carboxylic acids is 2. The molecule has 41 heavy (non-hydrogen) atoms. The number of nitrogens with one attached hydrogen (secondary N) is 1. The molecular weight excluding hydrogens is 520 g/mol. The van der Waals surface area contributed by atoms with E-state index in [1.54, 1.807) is 36.4 Å². The van der Waals surface area contributed by atoms with E-state index in [2.05, 4.69) is 39.1 Å². The lowest BCUT2D eigenvalue weighted by molar-refractivity contribution is 0.0602. The Morgan fingerprint density at radius 1 is 0.976 bits per heavy atom. The van der Waals surface area contributed by atoms with Crippen LogP contribution in [0.1, 0.15) is 77.6 Å². The van der Waals surface area contributed by atoms with E-state index in [9.17, 15) is 9.59 Å². The van der Waals surface area contributed by atoms with Crippen LogP contribution in [-0.4, -0.2) is 49.6 Å². The highest BCUT2D eigenvalue weighted by Gasteiger charge is 2.40. The van der Waals surface area contributed by atoms with Crippen molar-refractivity contribution in [1.82, 2.24) is 0 Å². The smallest absolute Gasteiger partial charge is 0.339 e. The van der Waals surface area contributed by atoms with Gasteiger partial charge in [-0.15, -0.1) is 0 Å². The van der Waals surface area contributed by atoms with Crippen LogP contribution in [0.3, 0.4) is 0 Å². The molecule has 2 heterocycles. The summed E-state index contributed by atoms with van der Waals surface area (Å²) < 4.78 is 22.8. The largest absolute Gasteiger partial charge is 0.496 e. The number of methoxy groups -OCH3 is 2. The lowest BCUT2D eigenvalue weighted by atomic mass is 9.80. The summed E-state index contributed by atoms with van der Waals surface area (Å²) in [5.74, 6) is 0.953. The van der Waals surface area contributed by atoms with Gasteiger partial charge in [-0.2, -0.15) is 0 Å². The van der Waals surface area contributed by atoms with Gasteiger partial charge >= 0.3 is 5.97 Å². The number of esters is 1. The van der Waals surface area contributed by atoms with E-state index < -0.39 is 23.0 Å². The highest BCUT2D eigenvalue weighted by molar-refractivity contribution is 6.18. The Morgan fingerprint density at radius 2 is 1.73 bits per heavy atom. The molecule has 1 N–H and O–H groups in total. The van der Waals surface area contributed by atoms with Gasteiger partial charge in [0.15, 0.2) is 11.5 Å². The Balaban J connectivity index is 1.66. The summed E-state index contributed by atoms with van der Waals surface area (Å²) in [7, 11) is 2.82. The third-order valence-electron chi connectivity index (χ3n) is 7.28. The van der Waals surface area contributed by atoms with Crippen LogP contribution < -0.4 is 19.5 Å². The number of nitrogens with zero attached hydrogens (tertiary/aromatic N) is 1. The minimum atomic E-state index is -0.560. The Bertz CT molecular complexity index is 1570. The SMILES string of the molecule is CCOc1cc2c(c3c1OC(C)(C)C3)C(c1ccc(C(=O)OC)c(NC(=O)c3ccccc3OC)c1)=NC(C)(C)C2. The molecule has 2 aliphatic heterocycles. The summed E-state index contributed by atoms with van der Waals surface area (Å²) in [6.45, 7) is 10.8. The molecule has 0 radical (unpaired) electrons. The second kappa shape index (κ2) is 10.6. The zero-order chi connectivity index (χ0) is 29.5. The lowest BCUT2D eigenvalue weighted by Crippen LogP contribution is -2.31. The third kappa shape index (κ3) is 5.38. The predicted molar refractivity (Wildman–Crippen MR) is 158 cm³/mol. The summed E-state index contributed by atoms with van der Waals surface area (Å²) in [4.78, 5) is 31.3. The number of amides is 1. The van der Waals surface area contributed by atoms with Gasteiger partial charge in [-0.05, 0) is 76.9 Å². The van der Waals surface area contributed by atoms with Gasteiger partial charge in [0.05, 0.1) is 48.9 Å². The van der Waals surface area contributed by atoms with E-state index in [1.165, 1.54) is 14.2 Å². The third-order valence-corrected chi connectivity index (χ3v) is 7.28. The highest BCUT2D eigenvalue weighted by atomic mass is 16.5.